The van der Waals surface area contributed by atoms with E-state index in [9.17, 15) is 0 Å². The number of ether oxygens (including phenoxy) is 2. The summed E-state index contributed by atoms with van der Waals surface area (Å²) in [5.74, 6) is 1.56. The number of nitrogens with zero attached hydrogens (tertiary/aromatic N) is 1. The number of methoxy groups -OCH3 is 2. The average Bonchev–Trinajstić information content (AvgIpc) is 3.12. The molecule has 4 rings (SSSR count). The molecule has 0 amide bonds. The number of fused-ring (bicyclic) bond motifs is 1. The van der Waals surface area contributed by atoms with Crippen LogP contribution in [0.15, 0.2) is 36.4 Å². The van der Waals surface area contributed by atoms with E-state index in [0.29, 0.717) is 0 Å². The minimum absolute atomic E-state index is 0.729. The van der Waals surface area contributed by atoms with Gasteiger partial charge in [-0.25, -0.2) is 0 Å². The van der Waals surface area contributed by atoms with Gasteiger partial charge in [-0.05, 0) is 80.0 Å². The van der Waals surface area contributed by atoms with Crippen molar-refractivity contribution in [3.63, 3.8) is 0 Å². The lowest BCUT2D eigenvalue weighted by Gasteiger charge is -2.35. The Balaban J connectivity index is 1.57. The molecule has 2 aliphatic rings. The fraction of sp³-hybridized carbons (Fsp3) is 0.478. The van der Waals surface area contributed by atoms with Crippen molar-refractivity contribution in [2.75, 3.05) is 20.8 Å². The summed E-state index contributed by atoms with van der Waals surface area (Å²) >= 11 is 0. The predicted molar refractivity (Wildman–Crippen MR) is 106 cm³/mol. The summed E-state index contributed by atoms with van der Waals surface area (Å²) in [7, 11) is 3.36. The largest absolute Gasteiger partial charge is 0.493 e. The molecule has 0 N–H and O–H groups in total. The summed E-state index contributed by atoms with van der Waals surface area (Å²) in [6.45, 7) is 3.67. The Kier molecular flexibility index (Phi) is 4.90. The first-order valence-electron chi connectivity index (χ1n) is 9.79. The predicted octanol–water partition coefficient (Wildman–Crippen LogP) is 4.71. The van der Waals surface area contributed by atoms with E-state index in [0.717, 1.165) is 23.6 Å². The van der Waals surface area contributed by atoms with Gasteiger partial charge in [-0.3, -0.25) is 4.90 Å². The maximum absolute atomic E-state index is 5.46. The first-order valence-corrected chi connectivity index (χ1v) is 9.79. The molecule has 1 aliphatic heterocycles. The van der Waals surface area contributed by atoms with E-state index in [1.54, 1.807) is 14.2 Å². The molecule has 0 radical (unpaired) electrons. The molecule has 1 aliphatic carbocycles. The molecule has 138 valence electrons. The molecule has 0 bridgehead atoms. The molecule has 0 saturated carbocycles. The van der Waals surface area contributed by atoms with E-state index in [1.807, 2.05) is 6.07 Å². The summed E-state index contributed by atoms with van der Waals surface area (Å²) in [5, 5.41) is 0. The van der Waals surface area contributed by atoms with Gasteiger partial charge < -0.3 is 9.47 Å². The number of likely N-dealkylation sites (tertiary alicyclic amines) is 1. The lowest BCUT2D eigenvalue weighted by molar-refractivity contribution is 0.174. The van der Waals surface area contributed by atoms with Crippen molar-refractivity contribution in [3.8, 4) is 22.6 Å². The first-order chi connectivity index (χ1) is 12.7. The average molecular weight is 351 g/mol. The van der Waals surface area contributed by atoms with Crippen LogP contribution >= 0.6 is 0 Å². The molecule has 26 heavy (non-hydrogen) atoms. The van der Waals surface area contributed by atoms with E-state index in [2.05, 4.69) is 42.2 Å². The zero-order valence-electron chi connectivity index (χ0n) is 16.1. The highest BCUT2D eigenvalue weighted by molar-refractivity contribution is 5.68. The third kappa shape index (κ3) is 3.21. The summed E-state index contributed by atoms with van der Waals surface area (Å²) in [4.78, 5) is 2.74. The lowest BCUT2D eigenvalue weighted by Crippen LogP contribution is -2.41. The second-order valence-electron chi connectivity index (χ2n) is 7.68. The standard InChI is InChI=1S/C23H29NO2/c1-16-5-4-12-24(16)21-10-8-18-13-17(6-7-19(18)14-21)20-9-11-22(25-2)23(15-20)26-3/h6-7,9,11,13,15-16,21H,4-5,8,10,12,14H2,1-3H3. The smallest absolute Gasteiger partial charge is 0.161 e. The molecule has 0 spiro atoms. The van der Waals surface area contributed by atoms with Crippen molar-refractivity contribution >= 4 is 0 Å². The van der Waals surface area contributed by atoms with Gasteiger partial charge in [0.2, 0.25) is 0 Å². The number of hydrogen-bond acceptors (Lipinski definition) is 3. The maximum Gasteiger partial charge on any atom is 0.161 e. The Morgan fingerprint density at radius 2 is 1.65 bits per heavy atom. The number of benzene rings is 2. The Labute approximate surface area is 156 Å². The molecule has 2 aromatic rings. The maximum atomic E-state index is 5.46. The van der Waals surface area contributed by atoms with Gasteiger partial charge in [-0.15, -0.1) is 0 Å². The molecular weight excluding hydrogens is 322 g/mol. The van der Waals surface area contributed by atoms with E-state index in [-0.39, 0.29) is 0 Å². The Morgan fingerprint density at radius 3 is 2.38 bits per heavy atom. The minimum Gasteiger partial charge on any atom is -0.493 e. The molecule has 2 unspecified atom stereocenters. The third-order valence-electron chi connectivity index (χ3n) is 6.20. The normalized spacial score (nSPS) is 22.9. The molecule has 2 atom stereocenters. The SMILES string of the molecule is COc1ccc(-c2ccc3c(c2)CCC(N2CCCC2C)C3)cc1OC. The minimum atomic E-state index is 0.729. The fourth-order valence-electron chi connectivity index (χ4n) is 4.71. The van der Waals surface area contributed by atoms with Crippen LogP contribution in [0, 0.1) is 0 Å². The number of rotatable bonds is 4. The summed E-state index contributed by atoms with van der Waals surface area (Å²) in [6, 6.07) is 14.6. The zero-order valence-corrected chi connectivity index (χ0v) is 16.1. The van der Waals surface area contributed by atoms with E-state index < -0.39 is 0 Å². The fourth-order valence-corrected chi connectivity index (χ4v) is 4.71. The molecule has 3 heteroatoms. The van der Waals surface area contributed by atoms with E-state index >= 15 is 0 Å². The molecule has 1 heterocycles. The highest BCUT2D eigenvalue weighted by Crippen LogP contribution is 2.35. The zero-order chi connectivity index (χ0) is 18.1. The topological polar surface area (TPSA) is 21.7 Å². The Hall–Kier alpha value is -2.00. The van der Waals surface area contributed by atoms with Crippen LogP contribution in [0.1, 0.15) is 37.3 Å². The quantitative estimate of drug-likeness (QED) is 0.796. The molecule has 3 nitrogen and oxygen atoms in total. The second kappa shape index (κ2) is 7.32. The van der Waals surface area contributed by atoms with Gasteiger partial charge in [0.1, 0.15) is 0 Å². The van der Waals surface area contributed by atoms with Crippen molar-refractivity contribution in [2.45, 2.75) is 51.1 Å². The van der Waals surface area contributed by atoms with Crippen molar-refractivity contribution in [3.05, 3.63) is 47.5 Å². The molecule has 0 aromatic heterocycles. The molecule has 1 fully saturated rings. The van der Waals surface area contributed by atoms with Crippen LogP contribution in [-0.4, -0.2) is 37.7 Å². The highest BCUT2D eigenvalue weighted by atomic mass is 16.5. The van der Waals surface area contributed by atoms with Crippen molar-refractivity contribution in [1.82, 2.24) is 4.90 Å². The summed E-state index contributed by atoms with van der Waals surface area (Å²) in [6.07, 6.45) is 6.40. The summed E-state index contributed by atoms with van der Waals surface area (Å²) < 4.78 is 10.8. The van der Waals surface area contributed by atoms with Gasteiger partial charge in [-0.2, -0.15) is 0 Å². The Morgan fingerprint density at radius 1 is 0.885 bits per heavy atom. The monoisotopic (exact) mass is 351 g/mol. The van der Waals surface area contributed by atoms with Crippen LogP contribution in [0.5, 0.6) is 11.5 Å². The van der Waals surface area contributed by atoms with Gasteiger partial charge in [-0.1, -0.05) is 24.3 Å². The van der Waals surface area contributed by atoms with Gasteiger partial charge in [0.15, 0.2) is 11.5 Å². The molecular formula is C23H29NO2. The highest BCUT2D eigenvalue weighted by Gasteiger charge is 2.30. The van der Waals surface area contributed by atoms with Gasteiger partial charge in [0.05, 0.1) is 14.2 Å². The molecule has 2 aromatic carbocycles. The number of hydrogen-bond donors (Lipinski definition) is 0. The van der Waals surface area contributed by atoms with Crippen molar-refractivity contribution in [2.24, 2.45) is 0 Å². The van der Waals surface area contributed by atoms with Crippen LogP contribution in [0.2, 0.25) is 0 Å². The first kappa shape index (κ1) is 17.4. The third-order valence-corrected chi connectivity index (χ3v) is 6.20. The van der Waals surface area contributed by atoms with E-state index in [1.165, 1.54) is 60.9 Å². The van der Waals surface area contributed by atoms with Gasteiger partial charge in [0.25, 0.3) is 0 Å². The van der Waals surface area contributed by atoms with Crippen molar-refractivity contribution in [1.29, 1.82) is 0 Å². The summed E-state index contributed by atoms with van der Waals surface area (Å²) in [5.41, 5.74) is 5.49. The van der Waals surface area contributed by atoms with Crippen LogP contribution in [0.4, 0.5) is 0 Å². The Bertz CT molecular complexity index is 786. The van der Waals surface area contributed by atoms with Crippen molar-refractivity contribution < 1.29 is 9.47 Å². The van der Waals surface area contributed by atoms with Crippen LogP contribution in [-0.2, 0) is 12.8 Å². The lowest BCUT2D eigenvalue weighted by atomic mass is 9.85. The van der Waals surface area contributed by atoms with Gasteiger partial charge in [0, 0.05) is 12.1 Å². The van der Waals surface area contributed by atoms with E-state index in [4.69, 9.17) is 9.47 Å². The number of aryl methyl sites for hydroxylation is 1. The van der Waals surface area contributed by atoms with Crippen LogP contribution in [0.25, 0.3) is 11.1 Å². The van der Waals surface area contributed by atoms with Crippen LogP contribution < -0.4 is 9.47 Å². The van der Waals surface area contributed by atoms with Crippen LogP contribution in [0.3, 0.4) is 0 Å². The molecule has 1 saturated heterocycles. The second-order valence-corrected chi connectivity index (χ2v) is 7.68. The van der Waals surface area contributed by atoms with Gasteiger partial charge >= 0.3 is 0 Å².